The van der Waals surface area contributed by atoms with Crippen molar-refractivity contribution in [2.24, 2.45) is 0 Å². The highest BCUT2D eigenvalue weighted by molar-refractivity contribution is 7.14. The van der Waals surface area contributed by atoms with Crippen LogP contribution >= 0.6 is 34.5 Å². The molecule has 2 heterocycles. The number of aromatic nitrogens is 2. The number of hydrogen-bond acceptors (Lipinski definition) is 6. The Morgan fingerprint density at radius 3 is 3.00 bits per heavy atom. The average molecular weight is 329 g/mol. The van der Waals surface area contributed by atoms with Gasteiger partial charge in [-0.05, 0) is 37.3 Å². The number of thiophene rings is 1. The van der Waals surface area contributed by atoms with Gasteiger partial charge in [0.25, 0.3) is 0 Å². The third-order valence-electron chi connectivity index (χ3n) is 3.30. The maximum absolute atomic E-state index is 12.1. The molecule has 0 bridgehead atoms. The van der Waals surface area contributed by atoms with Crippen LogP contribution in [0.2, 0.25) is 4.34 Å². The molecule has 20 heavy (non-hydrogen) atoms. The number of halogens is 1. The highest BCUT2D eigenvalue weighted by Gasteiger charge is 2.18. The van der Waals surface area contributed by atoms with Crippen molar-refractivity contribution in [3.8, 4) is 0 Å². The summed E-state index contributed by atoms with van der Waals surface area (Å²) in [7, 11) is 0. The topological polar surface area (TPSA) is 52.1 Å². The molecule has 0 radical (unpaired) electrons. The van der Waals surface area contributed by atoms with E-state index in [0.29, 0.717) is 14.9 Å². The quantitative estimate of drug-likeness (QED) is 0.633. The molecule has 3 rings (SSSR count). The minimum Gasteiger partial charge on any atom is -0.455 e. The summed E-state index contributed by atoms with van der Waals surface area (Å²) in [6.45, 7) is 0.0801. The Morgan fingerprint density at radius 2 is 2.20 bits per heavy atom. The van der Waals surface area contributed by atoms with E-state index < -0.39 is 0 Å². The molecule has 0 unspecified atom stereocenters. The highest BCUT2D eigenvalue weighted by Crippen LogP contribution is 2.29. The van der Waals surface area contributed by atoms with Crippen molar-refractivity contribution >= 4 is 40.4 Å². The van der Waals surface area contributed by atoms with Gasteiger partial charge >= 0.3 is 5.97 Å². The fourth-order valence-corrected chi connectivity index (χ4v) is 4.00. The molecule has 0 atom stereocenters. The fraction of sp³-hybridized carbons (Fsp3) is 0.462. The summed E-state index contributed by atoms with van der Waals surface area (Å²) in [6.07, 6.45) is 5.84. The molecule has 1 aliphatic rings. The summed E-state index contributed by atoms with van der Waals surface area (Å²) in [4.78, 5) is 14.1. The Balaban J connectivity index is 1.67. The molecule has 2 aromatic rings. The van der Waals surface area contributed by atoms with Crippen molar-refractivity contribution in [1.82, 2.24) is 9.59 Å². The van der Waals surface area contributed by atoms with Crippen LogP contribution in [0.5, 0.6) is 0 Å². The number of hydrogen-bond donors (Lipinski definition) is 0. The number of carbonyl (C=O) groups is 1. The Labute approximate surface area is 129 Å². The molecule has 0 fully saturated rings. The summed E-state index contributed by atoms with van der Waals surface area (Å²) in [5.41, 5.74) is 1.83. The van der Waals surface area contributed by atoms with E-state index in [1.807, 2.05) is 6.07 Å². The Hall–Kier alpha value is -0.980. The van der Waals surface area contributed by atoms with E-state index in [9.17, 15) is 4.79 Å². The van der Waals surface area contributed by atoms with Crippen LogP contribution in [0.3, 0.4) is 0 Å². The van der Waals surface area contributed by atoms with Crippen LogP contribution in [0.25, 0.3) is 0 Å². The second kappa shape index (κ2) is 6.20. The van der Waals surface area contributed by atoms with E-state index in [0.717, 1.165) is 24.4 Å². The molecular weight excluding hydrogens is 316 g/mol. The average Bonchev–Trinajstić information content (AvgIpc) is 2.97. The number of rotatable bonds is 3. The van der Waals surface area contributed by atoms with Crippen LogP contribution in [0.4, 0.5) is 0 Å². The molecule has 7 heteroatoms. The summed E-state index contributed by atoms with van der Waals surface area (Å²) in [5.74, 6) is -0.299. The lowest BCUT2D eigenvalue weighted by Gasteiger charge is -2.00. The van der Waals surface area contributed by atoms with Crippen LogP contribution in [0, 0.1) is 0 Å². The maximum Gasteiger partial charge on any atom is 0.348 e. The van der Waals surface area contributed by atoms with Crippen molar-refractivity contribution in [3.63, 3.8) is 0 Å². The van der Waals surface area contributed by atoms with Gasteiger partial charge in [0.1, 0.15) is 21.5 Å². The zero-order chi connectivity index (χ0) is 13.9. The van der Waals surface area contributed by atoms with Gasteiger partial charge in [-0.2, -0.15) is 0 Å². The van der Waals surface area contributed by atoms with E-state index in [1.54, 1.807) is 11.3 Å². The van der Waals surface area contributed by atoms with Gasteiger partial charge < -0.3 is 4.74 Å². The zero-order valence-electron chi connectivity index (χ0n) is 10.7. The van der Waals surface area contributed by atoms with Crippen molar-refractivity contribution in [2.75, 3.05) is 0 Å². The third kappa shape index (κ3) is 3.02. The molecule has 2 aromatic heterocycles. The van der Waals surface area contributed by atoms with Crippen molar-refractivity contribution in [2.45, 2.75) is 38.7 Å². The molecule has 0 aliphatic heterocycles. The Kier molecular flexibility index (Phi) is 4.33. The summed E-state index contributed by atoms with van der Waals surface area (Å²) >= 11 is 8.52. The second-order valence-electron chi connectivity index (χ2n) is 4.69. The Bertz CT molecular complexity index is 600. The van der Waals surface area contributed by atoms with Crippen molar-refractivity contribution in [3.05, 3.63) is 31.4 Å². The lowest BCUT2D eigenvalue weighted by molar-refractivity contribution is 0.0473. The third-order valence-corrected chi connectivity index (χ3v) is 5.50. The summed E-state index contributed by atoms with van der Waals surface area (Å²) in [6, 6.07) is 1.98. The standard InChI is InChI=1S/C13H13ClN2O2S2/c14-12-9(15-16-20-12)7-18-13(17)11-6-8-4-2-1-3-5-10(8)19-11/h6H,1-5,7H2. The van der Waals surface area contributed by atoms with Gasteiger partial charge in [-0.3, -0.25) is 0 Å². The minimum absolute atomic E-state index is 0.0801. The van der Waals surface area contributed by atoms with Crippen LogP contribution < -0.4 is 0 Å². The van der Waals surface area contributed by atoms with E-state index in [1.165, 1.54) is 29.7 Å². The van der Waals surface area contributed by atoms with Crippen LogP contribution in [-0.2, 0) is 24.2 Å². The number of carbonyl (C=O) groups excluding carboxylic acids is 1. The minimum atomic E-state index is -0.299. The first kappa shape index (κ1) is 14.0. The lowest BCUT2D eigenvalue weighted by Crippen LogP contribution is -2.03. The zero-order valence-corrected chi connectivity index (χ0v) is 13.1. The molecule has 0 saturated carbocycles. The van der Waals surface area contributed by atoms with Gasteiger partial charge in [0.2, 0.25) is 0 Å². The number of ether oxygens (including phenoxy) is 1. The van der Waals surface area contributed by atoms with E-state index in [-0.39, 0.29) is 12.6 Å². The first-order valence-electron chi connectivity index (χ1n) is 6.49. The second-order valence-corrected chi connectivity index (χ2v) is 7.18. The molecule has 0 amide bonds. The lowest BCUT2D eigenvalue weighted by atomic mass is 10.1. The van der Waals surface area contributed by atoms with Gasteiger partial charge in [0, 0.05) is 16.4 Å². The van der Waals surface area contributed by atoms with E-state index >= 15 is 0 Å². The molecular formula is C13H13ClN2O2S2. The largest absolute Gasteiger partial charge is 0.455 e. The van der Waals surface area contributed by atoms with E-state index in [4.69, 9.17) is 16.3 Å². The number of nitrogens with zero attached hydrogens (tertiary/aromatic N) is 2. The van der Waals surface area contributed by atoms with Crippen LogP contribution in [0.1, 0.15) is 45.1 Å². The summed E-state index contributed by atoms with van der Waals surface area (Å²) in [5, 5.41) is 3.82. The number of aryl methyl sites for hydroxylation is 2. The predicted molar refractivity (Wildman–Crippen MR) is 79.6 cm³/mol. The Morgan fingerprint density at radius 1 is 1.35 bits per heavy atom. The molecule has 106 valence electrons. The van der Waals surface area contributed by atoms with Gasteiger partial charge in [-0.25, -0.2) is 4.79 Å². The van der Waals surface area contributed by atoms with Gasteiger partial charge in [-0.1, -0.05) is 22.5 Å². The molecule has 0 spiro atoms. The molecule has 4 nitrogen and oxygen atoms in total. The van der Waals surface area contributed by atoms with Gasteiger partial charge in [-0.15, -0.1) is 16.4 Å². The normalized spacial score (nSPS) is 14.7. The predicted octanol–water partition coefficient (Wildman–Crippen LogP) is 3.88. The maximum atomic E-state index is 12.1. The number of fused-ring (bicyclic) bond motifs is 1. The highest BCUT2D eigenvalue weighted by atomic mass is 35.5. The van der Waals surface area contributed by atoms with Crippen molar-refractivity contribution < 1.29 is 9.53 Å². The van der Waals surface area contributed by atoms with Gasteiger partial charge in [0.15, 0.2) is 0 Å². The monoisotopic (exact) mass is 328 g/mol. The molecule has 0 N–H and O–H groups in total. The van der Waals surface area contributed by atoms with E-state index in [2.05, 4.69) is 9.59 Å². The summed E-state index contributed by atoms with van der Waals surface area (Å²) < 4.78 is 9.43. The fourth-order valence-electron chi connectivity index (χ4n) is 2.26. The molecule has 0 aromatic carbocycles. The SMILES string of the molecule is O=C(OCc1nnsc1Cl)c1cc2c(s1)CCCCC2. The van der Waals surface area contributed by atoms with Gasteiger partial charge in [0.05, 0.1) is 0 Å². The first-order chi connectivity index (χ1) is 9.74. The molecule has 1 aliphatic carbocycles. The smallest absolute Gasteiger partial charge is 0.348 e. The van der Waals surface area contributed by atoms with Crippen LogP contribution in [0.15, 0.2) is 6.07 Å². The first-order valence-corrected chi connectivity index (χ1v) is 8.46. The number of esters is 1. The van der Waals surface area contributed by atoms with Crippen LogP contribution in [-0.4, -0.2) is 15.6 Å². The molecule has 0 saturated heterocycles. The van der Waals surface area contributed by atoms with Crippen molar-refractivity contribution in [1.29, 1.82) is 0 Å².